The molecule has 1 rings (SSSR count). The molecular formula is C14H26N4O. The van der Waals surface area contributed by atoms with Crippen molar-refractivity contribution in [1.29, 1.82) is 0 Å². The first-order valence-electron chi connectivity index (χ1n) is 6.77. The molecule has 0 saturated carbocycles. The molecule has 0 saturated heterocycles. The Balaban J connectivity index is 2.50. The van der Waals surface area contributed by atoms with Crippen LogP contribution in [0.1, 0.15) is 45.4 Å². The van der Waals surface area contributed by atoms with Gasteiger partial charge in [0.2, 0.25) is 5.91 Å². The van der Waals surface area contributed by atoms with Crippen LogP contribution in [0.3, 0.4) is 0 Å². The Morgan fingerprint density at radius 3 is 2.68 bits per heavy atom. The Hall–Kier alpha value is -1.36. The van der Waals surface area contributed by atoms with E-state index >= 15 is 0 Å². The average molecular weight is 266 g/mol. The number of aryl methyl sites for hydroxylation is 2. The molecule has 0 spiro atoms. The first kappa shape index (κ1) is 15.7. The summed E-state index contributed by atoms with van der Waals surface area (Å²) >= 11 is 0. The molecule has 1 aromatic rings. The summed E-state index contributed by atoms with van der Waals surface area (Å²) in [5.41, 5.74) is 8.05. The summed E-state index contributed by atoms with van der Waals surface area (Å²) in [4.78, 5) is 11.9. The van der Waals surface area contributed by atoms with E-state index in [9.17, 15) is 4.79 Å². The highest BCUT2D eigenvalue weighted by molar-refractivity contribution is 5.76. The third kappa shape index (κ3) is 4.67. The van der Waals surface area contributed by atoms with Gasteiger partial charge in [0.05, 0.1) is 5.69 Å². The van der Waals surface area contributed by atoms with Crippen LogP contribution >= 0.6 is 0 Å². The fourth-order valence-corrected chi connectivity index (χ4v) is 1.80. The first-order valence-corrected chi connectivity index (χ1v) is 6.77. The van der Waals surface area contributed by atoms with Gasteiger partial charge in [-0.3, -0.25) is 9.48 Å². The SMILES string of the molecule is CCc1nn(C)cc1CNC(=O)CC(N)C(C)(C)C. The zero-order chi connectivity index (χ0) is 14.6. The molecule has 0 aliphatic rings. The van der Waals surface area contributed by atoms with E-state index in [0.717, 1.165) is 17.7 Å². The molecule has 0 aliphatic heterocycles. The molecule has 1 aromatic heterocycles. The molecule has 5 heteroatoms. The molecular weight excluding hydrogens is 240 g/mol. The second kappa shape index (κ2) is 6.19. The number of nitrogens with two attached hydrogens (primary N) is 1. The molecule has 3 N–H and O–H groups in total. The van der Waals surface area contributed by atoms with Crippen molar-refractivity contribution < 1.29 is 4.79 Å². The van der Waals surface area contributed by atoms with E-state index in [4.69, 9.17) is 5.73 Å². The Kier molecular flexibility index (Phi) is 5.11. The number of nitrogens with one attached hydrogen (secondary N) is 1. The van der Waals surface area contributed by atoms with Gasteiger partial charge in [-0.1, -0.05) is 27.7 Å². The summed E-state index contributed by atoms with van der Waals surface area (Å²) in [6.07, 6.45) is 3.17. The van der Waals surface area contributed by atoms with Crippen molar-refractivity contribution in [2.75, 3.05) is 0 Å². The van der Waals surface area contributed by atoms with Crippen molar-refractivity contribution in [2.45, 2.75) is 53.1 Å². The fraction of sp³-hybridized carbons (Fsp3) is 0.714. The van der Waals surface area contributed by atoms with Gasteiger partial charge in [-0.2, -0.15) is 5.10 Å². The van der Waals surface area contributed by atoms with E-state index in [0.29, 0.717) is 13.0 Å². The Bertz CT molecular complexity index is 431. The summed E-state index contributed by atoms with van der Waals surface area (Å²) in [6, 6.07) is -0.132. The molecule has 0 aliphatic carbocycles. The molecule has 1 atom stereocenters. The van der Waals surface area contributed by atoms with Crippen LogP contribution in [0, 0.1) is 5.41 Å². The van der Waals surface area contributed by atoms with E-state index in [1.165, 1.54) is 0 Å². The second-order valence-electron chi connectivity index (χ2n) is 6.08. The number of carbonyl (C=O) groups is 1. The van der Waals surface area contributed by atoms with Gasteiger partial charge in [-0.15, -0.1) is 0 Å². The largest absolute Gasteiger partial charge is 0.352 e. The summed E-state index contributed by atoms with van der Waals surface area (Å²) in [5.74, 6) is -0.00617. The quantitative estimate of drug-likeness (QED) is 0.845. The maximum Gasteiger partial charge on any atom is 0.221 e. The summed E-state index contributed by atoms with van der Waals surface area (Å²) in [5, 5.41) is 7.27. The average Bonchev–Trinajstić information content (AvgIpc) is 2.65. The minimum Gasteiger partial charge on any atom is -0.352 e. The second-order valence-corrected chi connectivity index (χ2v) is 6.08. The highest BCUT2D eigenvalue weighted by atomic mass is 16.1. The Morgan fingerprint density at radius 2 is 2.16 bits per heavy atom. The molecule has 0 radical (unpaired) electrons. The van der Waals surface area contributed by atoms with E-state index in [2.05, 4.69) is 17.3 Å². The maximum atomic E-state index is 11.9. The molecule has 1 heterocycles. The number of rotatable bonds is 5. The monoisotopic (exact) mass is 266 g/mol. The minimum atomic E-state index is -0.132. The van der Waals surface area contributed by atoms with Crippen molar-refractivity contribution in [2.24, 2.45) is 18.2 Å². The number of nitrogens with zero attached hydrogens (tertiary/aromatic N) is 2. The lowest BCUT2D eigenvalue weighted by Crippen LogP contribution is -2.40. The standard InChI is InChI=1S/C14H26N4O/c1-6-11-10(9-18(5)17-11)8-16-13(19)7-12(15)14(2,3)4/h9,12H,6-8,15H2,1-5H3,(H,16,19). The smallest absolute Gasteiger partial charge is 0.221 e. The van der Waals surface area contributed by atoms with Gasteiger partial charge in [0, 0.05) is 37.8 Å². The van der Waals surface area contributed by atoms with E-state index < -0.39 is 0 Å². The Morgan fingerprint density at radius 1 is 1.53 bits per heavy atom. The van der Waals surface area contributed by atoms with Crippen molar-refractivity contribution in [3.05, 3.63) is 17.5 Å². The summed E-state index contributed by atoms with van der Waals surface area (Å²) in [6.45, 7) is 8.71. The van der Waals surface area contributed by atoms with Crippen molar-refractivity contribution in [3.63, 3.8) is 0 Å². The topological polar surface area (TPSA) is 72.9 Å². The minimum absolute atomic E-state index is 0.00617. The third-order valence-corrected chi connectivity index (χ3v) is 3.32. The fourth-order valence-electron chi connectivity index (χ4n) is 1.80. The molecule has 5 nitrogen and oxygen atoms in total. The Labute approximate surface area is 115 Å². The molecule has 1 amide bonds. The molecule has 108 valence electrons. The van der Waals surface area contributed by atoms with Crippen LogP contribution in [0.25, 0.3) is 0 Å². The number of carbonyl (C=O) groups excluding carboxylic acids is 1. The van der Waals surface area contributed by atoms with E-state index in [1.54, 1.807) is 4.68 Å². The first-order chi connectivity index (χ1) is 8.74. The molecule has 0 aromatic carbocycles. The van der Waals surface area contributed by atoms with Gasteiger partial charge in [0.25, 0.3) is 0 Å². The zero-order valence-electron chi connectivity index (χ0n) is 12.7. The maximum absolute atomic E-state index is 11.9. The van der Waals surface area contributed by atoms with Gasteiger partial charge in [-0.25, -0.2) is 0 Å². The lowest BCUT2D eigenvalue weighted by Gasteiger charge is -2.26. The van der Waals surface area contributed by atoms with Crippen LogP contribution in [0.4, 0.5) is 0 Å². The lowest BCUT2D eigenvalue weighted by atomic mass is 9.85. The van der Waals surface area contributed by atoms with E-state index in [-0.39, 0.29) is 17.4 Å². The number of amides is 1. The predicted molar refractivity (Wildman–Crippen MR) is 76.5 cm³/mol. The number of aromatic nitrogens is 2. The zero-order valence-corrected chi connectivity index (χ0v) is 12.7. The van der Waals surface area contributed by atoms with Crippen LogP contribution in [0.5, 0.6) is 0 Å². The molecule has 1 unspecified atom stereocenters. The van der Waals surface area contributed by atoms with Crippen molar-refractivity contribution in [3.8, 4) is 0 Å². The lowest BCUT2D eigenvalue weighted by molar-refractivity contribution is -0.122. The van der Waals surface area contributed by atoms with E-state index in [1.807, 2.05) is 34.0 Å². The van der Waals surface area contributed by atoms with Crippen LogP contribution in [-0.2, 0) is 24.8 Å². The third-order valence-electron chi connectivity index (χ3n) is 3.32. The van der Waals surface area contributed by atoms with Crippen molar-refractivity contribution in [1.82, 2.24) is 15.1 Å². The molecule has 0 bridgehead atoms. The van der Waals surface area contributed by atoms with Gasteiger partial charge in [-0.05, 0) is 11.8 Å². The normalized spacial score (nSPS) is 13.4. The van der Waals surface area contributed by atoms with Gasteiger partial charge in [0.15, 0.2) is 0 Å². The number of hydrogen-bond donors (Lipinski definition) is 2. The number of hydrogen-bond acceptors (Lipinski definition) is 3. The summed E-state index contributed by atoms with van der Waals surface area (Å²) < 4.78 is 1.78. The molecule has 0 fully saturated rings. The van der Waals surface area contributed by atoms with Gasteiger partial charge in [0.1, 0.15) is 0 Å². The highest BCUT2D eigenvalue weighted by Crippen LogP contribution is 2.19. The molecule has 19 heavy (non-hydrogen) atoms. The summed E-state index contributed by atoms with van der Waals surface area (Å²) in [7, 11) is 1.89. The van der Waals surface area contributed by atoms with Crippen molar-refractivity contribution >= 4 is 5.91 Å². The highest BCUT2D eigenvalue weighted by Gasteiger charge is 2.23. The van der Waals surface area contributed by atoms with Crippen LogP contribution < -0.4 is 11.1 Å². The van der Waals surface area contributed by atoms with Crippen LogP contribution in [-0.4, -0.2) is 21.7 Å². The van der Waals surface area contributed by atoms with Gasteiger partial charge >= 0.3 is 0 Å². The predicted octanol–water partition coefficient (Wildman–Crippen LogP) is 1.36. The van der Waals surface area contributed by atoms with Crippen LogP contribution in [0.2, 0.25) is 0 Å². The van der Waals surface area contributed by atoms with Gasteiger partial charge < -0.3 is 11.1 Å². The van der Waals surface area contributed by atoms with Crippen LogP contribution in [0.15, 0.2) is 6.20 Å².